The van der Waals surface area contributed by atoms with Gasteiger partial charge in [-0.1, -0.05) is 0 Å². The minimum atomic E-state index is 0.395. The molecule has 1 aliphatic rings. The molecule has 84 valence electrons. The molecule has 0 fully saturated rings. The van der Waals surface area contributed by atoms with E-state index in [4.69, 9.17) is 0 Å². The van der Waals surface area contributed by atoms with Crippen LogP contribution in [0.4, 0.5) is 0 Å². The van der Waals surface area contributed by atoms with Crippen LogP contribution in [0.1, 0.15) is 16.8 Å². The van der Waals surface area contributed by atoms with Crippen LogP contribution in [0.5, 0.6) is 5.75 Å². The van der Waals surface area contributed by atoms with E-state index in [9.17, 15) is 5.11 Å². The number of aromatic nitrogens is 1. The highest BCUT2D eigenvalue weighted by Crippen LogP contribution is 2.34. The molecule has 3 heteroatoms. The summed E-state index contributed by atoms with van der Waals surface area (Å²) in [6.45, 7) is 3.96. The topological polar surface area (TPSA) is 37.2 Å². The number of phenols is 1. The maximum Gasteiger partial charge on any atom is 0.140 e. The molecule has 0 saturated heterocycles. The first-order valence-corrected chi connectivity index (χ1v) is 5.69. The van der Waals surface area contributed by atoms with Crippen LogP contribution < -0.4 is 5.32 Å². The van der Waals surface area contributed by atoms with E-state index in [2.05, 4.69) is 16.0 Å². The van der Waals surface area contributed by atoms with Crippen molar-refractivity contribution in [3.63, 3.8) is 0 Å². The number of rotatable bonds is 0. The Morgan fingerprint density at radius 2 is 2.19 bits per heavy atom. The summed E-state index contributed by atoms with van der Waals surface area (Å²) in [5, 5.41) is 14.6. The Hall–Kier alpha value is -1.48. The van der Waals surface area contributed by atoms with Crippen LogP contribution in [-0.2, 0) is 20.0 Å². The van der Waals surface area contributed by atoms with Crippen molar-refractivity contribution in [2.45, 2.75) is 19.9 Å². The smallest absolute Gasteiger partial charge is 0.140 e. The summed E-state index contributed by atoms with van der Waals surface area (Å²) >= 11 is 0. The van der Waals surface area contributed by atoms with Gasteiger partial charge in [-0.15, -0.1) is 0 Å². The molecule has 0 amide bonds. The summed E-state index contributed by atoms with van der Waals surface area (Å²) < 4.78 is 2.14. The molecular weight excluding hydrogens is 200 g/mol. The lowest BCUT2D eigenvalue weighted by Gasteiger charge is -2.14. The van der Waals surface area contributed by atoms with Gasteiger partial charge in [-0.2, -0.15) is 0 Å². The van der Waals surface area contributed by atoms with Gasteiger partial charge in [0.05, 0.1) is 5.52 Å². The van der Waals surface area contributed by atoms with Crippen LogP contribution >= 0.6 is 0 Å². The van der Waals surface area contributed by atoms with Gasteiger partial charge in [-0.25, -0.2) is 0 Å². The Labute approximate surface area is 94.7 Å². The molecule has 0 radical (unpaired) electrons. The molecule has 3 nitrogen and oxygen atoms in total. The van der Waals surface area contributed by atoms with Crippen LogP contribution in [-0.4, -0.2) is 16.2 Å². The molecule has 1 aliphatic heterocycles. The Morgan fingerprint density at radius 3 is 3.00 bits per heavy atom. The molecule has 0 bridgehead atoms. The second-order valence-electron chi connectivity index (χ2n) is 4.59. The van der Waals surface area contributed by atoms with E-state index >= 15 is 0 Å². The maximum absolute atomic E-state index is 10.0. The van der Waals surface area contributed by atoms with E-state index in [0.29, 0.717) is 5.75 Å². The highest BCUT2D eigenvalue weighted by atomic mass is 16.3. The first-order valence-electron chi connectivity index (χ1n) is 5.69. The number of fused-ring (bicyclic) bond motifs is 3. The minimum Gasteiger partial charge on any atom is -0.506 e. The van der Waals surface area contributed by atoms with Gasteiger partial charge in [0.2, 0.25) is 0 Å². The average molecular weight is 216 g/mol. The fourth-order valence-electron chi connectivity index (χ4n) is 2.77. The van der Waals surface area contributed by atoms with Crippen LogP contribution in [0, 0.1) is 6.92 Å². The fraction of sp³-hybridized carbons (Fsp3) is 0.385. The number of phenolic OH excluding ortho intramolecular Hbond substituents is 1. The normalized spacial score (nSPS) is 15.4. The standard InChI is InChI=1S/C13H16N2O/c1-8-5-9-10-7-14-4-3-11(10)15(2)13(9)12(16)6-8/h5-6,14,16H,3-4,7H2,1-2H3. The van der Waals surface area contributed by atoms with E-state index < -0.39 is 0 Å². The molecule has 0 atom stereocenters. The molecule has 2 aromatic rings. The lowest BCUT2D eigenvalue weighted by atomic mass is 10.0. The van der Waals surface area contributed by atoms with Crippen LogP contribution in [0.2, 0.25) is 0 Å². The Morgan fingerprint density at radius 1 is 1.38 bits per heavy atom. The van der Waals surface area contributed by atoms with Crippen LogP contribution in [0.15, 0.2) is 12.1 Å². The van der Waals surface area contributed by atoms with Crippen LogP contribution in [0.3, 0.4) is 0 Å². The third kappa shape index (κ3) is 1.18. The zero-order valence-corrected chi connectivity index (χ0v) is 9.67. The minimum absolute atomic E-state index is 0.395. The summed E-state index contributed by atoms with van der Waals surface area (Å²) in [7, 11) is 2.04. The number of nitrogens with one attached hydrogen (secondary N) is 1. The number of aromatic hydroxyl groups is 1. The van der Waals surface area contributed by atoms with Gasteiger partial charge >= 0.3 is 0 Å². The average Bonchev–Trinajstić information content (AvgIpc) is 2.54. The number of hydrogen-bond donors (Lipinski definition) is 2. The molecule has 0 saturated carbocycles. The Kier molecular flexibility index (Phi) is 1.98. The molecule has 1 aromatic carbocycles. The lowest BCUT2D eigenvalue weighted by Crippen LogP contribution is -2.24. The highest BCUT2D eigenvalue weighted by molar-refractivity contribution is 5.91. The van der Waals surface area contributed by atoms with Crippen molar-refractivity contribution in [3.05, 3.63) is 29.0 Å². The molecular formula is C13H16N2O. The summed E-state index contributed by atoms with van der Waals surface area (Å²) in [6, 6.07) is 4.00. The van der Waals surface area contributed by atoms with E-state index in [1.54, 1.807) is 0 Å². The van der Waals surface area contributed by atoms with Gasteiger partial charge in [0.1, 0.15) is 5.75 Å². The van der Waals surface area contributed by atoms with Gasteiger partial charge in [0.25, 0.3) is 0 Å². The lowest BCUT2D eigenvalue weighted by molar-refractivity contribution is 0.478. The van der Waals surface area contributed by atoms with Crippen molar-refractivity contribution in [1.29, 1.82) is 0 Å². The zero-order valence-electron chi connectivity index (χ0n) is 9.67. The Bertz CT molecular complexity index is 569. The summed E-state index contributed by atoms with van der Waals surface area (Å²) in [4.78, 5) is 0. The molecule has 2 N–H and O–H groups in total. The summed E-state index contributed by atoms with van der Waals surface area (Å²) in [5.74, 6) is 0.395. The van der Waals surface area contributed by atoms with Crippen molar-refractivity contribution in [1.82, 2.24) is 9.88 Å². The maximum atomic E-state index is 10.0. The quantitative estimate of drug-likeness (QED) is 0.705. The molecule has 16 heavy (non-hydrogen) atoms. The van der Waals surface area contributed by atoms with Gasteiger partial charge in [-0.3, -0.25) is 0 Å². The first kappa shape index (κ1) is 9.73. The summed E-state index contributed by atoms with van der Waals surface area (Å²) in [5.41, 5.74) is 4.79. The number of aryl methyl sites for hydroxylation is 2. The highest BCUT2D eigenvalue weighted by Gasteiger charge is 2.19. The van der Waals surface area contributed by atoms with Gasteiger partial charge in [0.15, 0.2) is 0 Å². The van der Waals surface area contributed by atoms with Crippen molar-refractivity contribution >= 4 is 10.9 Å². The number of nitrogens with zero attached hydrogens (tertiary/aromatic N) is 1. The van der Waals surface area contributed by atoms with Gasteiger partial charge in [-0.05, 0) is 30.2 Å². The van der Waals surface area contributed by atoms with E-state index in [-0.39, 0.29) is 0 Å². The first-order chi connectivity index (χ1) is 7.68. The second kappa shape index (κ2) is 3.25. The molecule has 0 unspecified atom stereocenters. The second-order valence-corrected chi connectivity index (χ2v) is 4.59. The molecule has 2 heterocycles. The largest absolute Gasteiger partial charge is 0.506 e. The van der Waals surface area contributed by atoms with Crippen molar-refractivity contribution in [3.8, 4) is 5.75 Å². The van der Waals surface area contributed by atoms with Crippen molar-refractivity contribution in [2.75, 3.05) is 6.54 Å². The molecule has 0 spiro atoms. The predicted molar refractivity (Wildman–Crippen MR) is 64.7 cm³/mol. The zero-order chi connectivity index (χ0) is 11.3. The SMILES string of the molecule is Cc1cc(O)c2c(c1)c1c(n2C)CCNC1. The van der Waals surface area contributed by atoms with Crippen LogP contribution in [0.25, 0.3) is 10.9 Å². The molecule has 1 aromatic heterocycles. The summed E-state index contributed by atoms with van der Waals surface area (Å²) in [6.07, 6.45) is 1.04. The van der Waals surface area contributed by atoms with Gasteiger partial charge < -0.3 is 15.0 Å². The van der Waals surface area contributed by atoms with Crippen molar-refractivity contribution < 1.29 is 5.11 Å². The van der Waals surface area contributed by atoms with E-state index in [1.807, 2.05) is 20.0 Å². The number of hydrogen-bond acceptors (Lipinski definition) is 2. The third-order valence-corrected chi connectivity index (χ3v) is 3.49. The monoisotopic (exact) mass is 216 g/mol. The number of benzene rings is 1. The fourth-order valence-corrected chi connectivity index (χ4v) is 2.77. The van der Waals surface area contributed by atoms with E-state index in [0.717, 1.165) is 30.6 Å². The molecule has 3 rings (SSSR count). The van der Waals surface area contributed by atoms with Gasteiger partial charge in [0, 0.05) is 37.6 Å². The van der Waals surface area contributed by atoms with Crippen molar-refractivity contribution in [2.24, 2.45) is 7.05 Å². The van der Waals surface area contributed by atoms with E-state index in [1.165, 1.54) is 16.6 Å². The molecule has 0 aliphatic carbocycles. The predicted octanol–water partition coefficient (Wildman–Crippen LogP) is 1.84. The third-order valence-electron chi connectivity index (χ3n) is 3.49. The Balaban J connectivity index is 2.44.